The van der Waals surface area contributed by atoms with Crippen LogP contribution in [0, 0.1) is 23.7 Å². The average Bonchev–Trinajstić information content (AvgIpc) is 3.08. The van der Waals surface area contributed by atoms with Crippen LogP contribution in [0.4, 0.5) is 4.79 Å². The van der Waals surface area contributed by atoms with E-state index in [1.165, 1.54) is 18.1 Å². The van der Waals surface area contributed by atoms with Crippen molar-refractivity contribution in [2.75, 3.05) is 0 Å². The van der Waals surface area contributed by atoms with Crippen molar-refractivity contribution in [3.05, 3.63) is 6.33 Å². The van der Waals surface area contributed by atoms with Crippen molar-refractivity contribution in [1.82, 2.24) is 25.8 Å². The van der Waals surface area contributed by atoms with Gasteiger partial charge in [-0.05, 0) is 45.4 Å². The summed E-state index contributed by atoms with van der Waals surface area (Å²) in [5.74, 6) is -5.25. The summed E-state index contributed by atoms with van der Waals surface area (Å²) in [6.07, 6.45) is 0.837. The standard InChI is InChI=1S/C21H31N5O7S/c1-9(2)6-10(24-19(32)33-20(3,4)5)15(27)25-21(17(30)31)7-11(34-18-22-8-23-26-18)12-13(14(12)21)16(28)29/h8-14H,6-7H2,1-5H3,(H,24,32)(H,25,27)(H,28,29)(H,30,31)(H,22,23,26)/t10-,11+,12-,13-,14-,21-/m0/s1. The van der Waals surface area contributed by atoms with Gasteiger partial charge in [-0.15, -0.1) is 10.2 Å². The maximum atomic E-state index is 13.3. The quantitative estimate of drug-likeness (QED) is 0.335. The lowest BCUT2D eigenvalue weighted by atomic mass is 9.89. The fraction of sp³-hybridized carbons (Fsp3) is 0.714. The third kappa shape index (κ3) is 5.45. The van der Waals surface area contributed by atoms with Crippen LogP contribution in [0.15, 0.2) is 11.5 Å². The predicted molar refractivity (Wildman–Crippen MR) is 120 cm³/mol. The first kappa shape index (κ1) is 25.8. The summed E-state index contributed by atoms with van der Waals surface area (Å²) in [6, 6.07) is -1.05. The van der Waals surface area contributed by atoms with Gasteiger partial charge in [0.15, 0.2) is 5.16 Å². The summed E-state index contributed by atoms with van der Waals surface area (Å²) >= 11 is 1.21. The number of aliphatic carboxylic acids is 2. The largest absolute Gasteiger partial charge is 0.481 e. The van der Waals surface area contributed by atoms with Crippen molar-refractivity contribution < 1.29 is 34.1 Å². The van der Waals surface area contributed by atoms with Gasteiger partial charge >= 0.3 is 18.0 Å². The van der Waals surface area contributed by atoms with Gasteiger partial charge in [-0.25, -0.2) is 9.59 Å². The second kappa shape index (κ2) is 9.43. The minimum atomic E-state index is -1.78. The van der Waals surface area contributed by atoms with Gasteiger partial charge in [0.25, 0.3) is 0 Å². The van der Waals surface area contributed by atoms with Crippen LogP contribution in [0.5, 0.6) is 0 Å². The Morgan fingerprint density at radius 3 is 2.47 bits per heavy atom. The highest BCUT2D eigenvalue weighted by Gasteiger charge is 2.76. The number of aromatic amines is 1. The second-order valence-electron chi connectivity index (χ2n) is 10.2. The highest BCUT2D eigenvalue weighted by molar-refractivity contribution is 7.99. The van der Waals surface area contributed by atoms with Crippen LogP contribution in [-0.4, -0.2) is 71.8 Å². The number of aromatic nitrogens is 3. The van der Waals surface area contributed by atoms with E-state index in [1.54, 1.807) is 20.8 Å². The Morgan fingerprint density at radius 1 is 1.29 bits per heavy atom. The molecule has 0 bridgehead atoms. The zero-order valence-electron chi connectivity index (χ0n) is 19.7. The van der Waals surface area contributed by atoms with Gasteiger partial charge in [0.05, 0.1) is 5.92 Å². The molecule has 0 radical (unpaired) electrons. The second-order valence-corrected chi connectivity index (χ2v) is 11.4. The monoisotopic (exact) mass is 497 g/mol. The van der Waals surface area contributed by atoms with Crippen LogP contribution in [0.2, 0.25) is 0 Å². The number of carboxylic acids is 2. The molecule has 0 aromatic carbocycles. The fourth-order valence-corrected chi connectivity index (χ4v) is 6.08. The summed E-state index contributed by atoms with van der Waals surface area (Å²) in [5.41, 5.74) is -2.56. The molecule has 2 aliphatic carbocycles. The summed E-state index contributed by atoms with van der Waals surface area (Å²) in [6.45, 7) is 8.79. The number of fused-ring (bicyclic) bond motifs is 1. The van der Waals surface area contributed by atoms with Crippen molar-refractivity contribution in [1.29, 1.82) is 0 Å². The number of hydrogen-bond donors (Lipinski definition) is 5. The molecule has 12 nitrogen and oxygen atoms in total. The van der Waals surface area contributed by atoms with E-state index in [1.807, 2.05) is 13.8 Å². The Balaban J connectivity index is 1.83. The molecule has 0 aliphatic heterocycles. The molecule has 1 aromatic heterocycles. The van der Waals surface area contributed by atoms with Crippen LogP contribution in [0.3, 0.4) is 0 Å². The Hall–Kier alpha value is -2.83. The Labute approximate surface area is 201 Å². The minimum Gasteiger partial charge on any atom is -0.481 e. The lowest BCUT2D eigenvalue weighted by molar-refractivity contribution is -0.150. The van der Waals surface area contributed by atoms with E-state index in [0.29, 0.717) is 5.16 Å². The number of alkyl carbamates (subject to hydrolysis) is 1. The third-order valence-electron chi connectivity index (χ3n) is 5.98. The van der Waals surface area contributed by atoms with Gasteiger partial charge < -0.3 is 30.6 Å². The number of hydrogen-bond acceptors (Lipinski definition) is 8. The summed E-state index contributed by atoms with van der Waals surface area (Å²) in [7, 11) is 0. The number of ether oxygens (including phenoxy) is 1. The maximum Gasteiger partial charge on any atom is 0.408 e. The number of H-pyrrole nitrogens is 1. The van der Waals surface area contributed by atoms with Crippen LogP contribution in [0.25, 0.3) is 0 Å². The minimum absolute atomic E-state index is 0.00485. The molecule has 1 heterocycles. The molecule has 3 rings (SSSR count). The topological polar surface area (TPSA) is 184 Å². The van der Waals surface area contributed by atoms with E-state index >= 15 is 0 Å². The molecule has 2 amide bonds. The lowest BCUT2D eigenvalue weighted by Crippen LogP contribution is -2.61. The van der Waals surface area contributed by atoms with Crippen molar-refractivity contribution >= 4 is 35.7 Å². The molecule has 2 saturated carbocycles. The van der Waals surface area contributed by atoms with E-state index < -0.39 is 64.1 Å². The number of carbonyl (C=O) groups excluding carboxylic acids is 2. The molecule has 0 spiro atoms. The number of nitrogens with one attached hydrogen (secondary N) is 3. The predicted octanol–water partition coefficient (Wildman–Crippen LogP) is 1.49. The first-order valence-corrected chi connectivity index (χ1v) is 11.9. The Bertz CT molecular complexity index is 948. The number of rotatable bonds is 9. The highest BCUT2D eigenvalue weighted by atomic mass is 32.2. The molecule has 2 fully saturated rings. The molecule has 1 aromatic rings. The molecule has 2 aliphatic rings. The molecule has 0 saturated heterocycles. The number of carbonyl (C=O) groups is 4. The molecular formula is C21H31N5O7S. The third-order valence-corrected chi connectivity index (χ3v) is 7.19. The van der Waals surface area contributed by atoms with Gasteiger partial charge in [0.2, 0.25) is 5.91 Å². The lowest BCUT2D eigenvalue weighted by Gasteiger charge is -2.32. The average molecular weight is 498 g/mol. The molecular weight excluding hydrogens is 466 g/mol. The van der Waals surface area contributed by atoms with E-state index in [4.69, 9.17) is 4.74 Å². The van der Waals surface area contributed by atoms with Crippen molar-refractivity contribution in [2.24, 2.45) is 23.7 Å². The molecule has 6 atom stereocenters. The number of carboxylic acid groups (broad SMARTS) is 2. The van der Waals surface area contributed by atoms with Crippen LogP contribution < -0.4 is 10.6 Å². The van der Waals surface area contributed by atoms with Gasteiger partial charge in [-0.3, -0.25) is 9.59 Å². The van der Waals surface area contributed by atoms with E-state index in [-0.39, 0.29) is 18.8 Å². The van der Waals surface area contributed by atoms with Gasteiger partial charge in [-0.1, -0.05) is 25.6 Å². The van der Waals surface area contributed by atoms with Crippen LogP contribution in [0.1, 0.15) is 47.5 Å². The normalized spacial score (nSPS) is 28.6. The van der Waals surface area contributed by atoms with Gasteiger partial charge in [0, 0.05) is 11.2 Å². The number of nitrogens with zero attached hydrogens (tertiary/aromatic N) is 2. The summed E-state index contributed by atoms with van der Waals surface area (Å²) in [4.78, 5) is 52.8. The Kier molecular flexibility index (Phi) is 7.15. The van der Waals surface area contributed by atoms with E-state index in [0.717, 1.165) is 0 Å². The SMILES string of the molecule is CC(C)C[C@H](NC(=O)OC(C)(C)C)C(=O)N[C@@]1(C(=O)O)C[C@@H](Sc2nnc[nH]2)[C@H]2[C@H](C(=O)O)[C@H]21. The molecule has 5 N–H and O–H groups in total. The molecule has 34 heavy (non-hydrogen) atoms. The van der Waals surface area contributed by atoms with Gasteiger partial charge in [-0.2, -0.15) is 0 Å². The Morgan fingerprint density at radius 2 is 1.97 bits per heavy atom. The van der Waals surface area contributed by atoms with Gasteiger partial charge in [0.1, 0.15) is 23.5 Å². The highest BCUT2D eigenvalue weighted by Crippen LogP contribution is 2.65. The molecule has 0 unspecified atom stereocenters. The zero-order valence-corrected chi connectivity index (χ0v) is 20.5. The first-order valence-electron chi connectivity index (χ1n) is 11.1. The van der Waals surface area contributed by atoms with Crippen LogP contribution in [-0.2, 0) is 19.1 Å². The number of amides is 2. The van der Waals surface area contributed by atoms with Crippen molar-refractivity contribution in [3.8, 4) is 0 Å². The van der Waals surface area contributed by atoms with E-state index in [9.17, 15) is 29.4 Å². The van der Waals surface area contributed by atoms with Crippen molar-refractivity contribution in [3.63, 3.8) is 0 Å². The molecule has 188 valence electrons. The maximum absolute atomic E-state index is 13.3. The number of thioether (sulfide) groups is 1. The van der Waals surface area contributed by atoms with E-state index in [2.05, 4.69) is 25.8 Å². The summed E-state index contributed by atoms with van der Waals surface area (Å²) < 4.78 is 5.25. The fourth-order valence-electron chi connectivity index (χ4n) is 4.73. The zero-order chi connectivity index (χ0) is 25.4. The first-order chi connectivity index (χ1) is 15.7. The van der Waals surface area contributed by atoms with Crippen molar-refractivity contribution in [2.45, 2.75) is 75.0 Å². The van der Waals surface area contributed by atoms with Crippen LogP contribution >= 0.6 is 11.8 Å². The summed E-state index contributed by atoms with van der Waals surface area (Å²) in [5, 5.41) is 32.7. The molecule has 13 heteroatoms. The smallest absolute Gasteiger partial charge is 0.408 e.